The molecule has 6 nitrogen and oxygen atoms in total. The van der Waals surface area contributed by atoms with Crippen LogP contribution in [0.5, 0.6) is 5.75 Å². The van der Waals surface area contributed by atoms with Crippen molar-refractivity contribution >= 4 is 23.3 Å². The van der Waals surface area contributed by atoms with Gasteiger partial charge in [0.15, 0.2) is 0 Å². The summed E-state index contributed by atoms with van der Waals surface area (Å²) in [6.07, 6.45) is -0.577. The molecule has 0 fully saturated rings. The highest BCUT2D eigenvalue weighted by Gasteiger charge is 2.08. The number of carboxylic acids is 1. The predicted octanol–water partition coefficient (Wildman–Crippen LogP) is 0.691. The molecule has 1 aromatic rings. The minimum absolute atomic E-state index is 0.424. The van der Waals surface area contributed by atoms with E-state index < -0.39 is 18.3 Å². The summed E-state index contributed by atoms with van der Waals surface area (Å²) in [6, 6.07) is 4.65. The van der Waals surface area contributed by atoms with Crippen LogP contribution in [0, 0.1) is 0 Å². The van der Waals surface area contributed by atoms with Crippen LogP contribution >= 0.6 is 0 Å². The number of methoxy groups -OCH3 is 1. The Morgan fingerprint density at radius 1 is 1.50 bits per heavy atom. The first-order valence-corrected chi connectivity index (χ1v) is 4.48. The molecule has 1 rings (SSSR count). The van der Waals surface area contributed by atoms with Crippen molar-refractivity contribution in [3.63, 3.8) is 0 Å². The van der Waals surface area contributed by atoms with Crippen LogP contribution in [0.15, 0.2) is 18.2 Å². The van der Waals surface area contributed by atoms with Gasteiger partial charge < -0.3 is 20.9 Å². The van der Waals surface area contributed by atoms with E-state index in [1.165, 1.54) is 13.2 Å². The summed E-state index contributed by atoms with van der Waals surface area (Å²) in [6.45, 7) is 0. The van der Waals surface area contributed by atoms with E-state index in [2.05, 4.69) is 5.32 Å². The molecule has 0 atom stereocenters. The van der Waals surface area contributed by atoms with Gasteiger partial charge in [-0.15, -0.1) is 0 Å². The van der Waals surface area contributed by atoms with Gasteiger partial charge in [0.2, 0.25) is 5.91 Å². The van der Waals surface area contributed by atoms with Crippen molar-refractivity contribution in [2.24, 2.45) is 0 Å². The molecule has 0 saturated heterocycles. The fourth-order valence-electron chi connectivity index (χ4n) is 1.13. The minimum atomic E-state index is -1.18. The lowest BCUT2D eigenvalue weighted by atomic mass is 10.2. The number of benzene rings is 1. The summed E-state index contributed by atoms with van der Waals surface area (Å²) in [7, 11) is 1.45. The summed E-state index contributed by atoms with van der Waals surface area (Å²) in [5, 5.41) is 10.8. The molecule has 0 aliphatic heterocycles. The van der Waals surface area contributed by atoms with Crippen molar-refractivity contribution < 1.29 is 19.4 Å². The first-order valence-electron chi connectivity index (χ1n) is 4.48. The maximum atomic E-state index is 11.1. The van der Waals surface area contributed by atoms with Crippen LogP contribution in [0.3, 0.4) is 0 Å². The summed E-state index contributed by atoms with van der Waals surface area (Å²) in [5.74, 6) is -1.35. The fourth-order valence-corrected chi connectivity index (χ4v) is 1.13. The van der Waals surface area contributed by atoms with Crippen LogP contribution in [0.2, 0.25) is 0 Å². The van der Waals surface area contributed by atoms with E-state index >= 15 is 0 Å². The second-order valence-electron chi connectivity index (χ2n) is 3.08. The van der Waals surface area contributed by atoms with E-state index in [9.17, 15) is 9.59 Å². The van der Waals surface area contributed by atoms with Gasteiger partial charge in [-0.25, -0.2) is 0 Å². The van der Waals surface area contributed by atoms with Crippen molar-refractivity contribution in [1.82, 2.24) is 0 Å². The third-order valence-corrected chi connectivity index (χ3v) is 1.83. The third kappa shape index (κ3) is 3.16. The monoisotopic (exact) mass is 224 g/mol. The van der Waals surface area contributed by atoms with Crippen LogP contribution in [0.1, 0.15) is 6.42 Å². The third-order valence-electron chi connectivity index (χ3n) is 1.83. The highest BCUT2D eigenvalue weighted by atomic mass is 16.5. The average molecular weight is 224 g/mol. The summed E-state index contributed by atoms with van der Waals surface area (Å²) >= 11 is 0. The number of ether oxygens (including phenoxy) is 1. The lowest BCUT2D eigenvalue weighted by Gasteiger charge is -2.08. The lowest BCUT2D eigenvalue weighted by molar-refractivity contribution is -0.139. The van der Waals surface area contributed by atoms with Crippen molar-refractivity contribution in [1.29, 1.82) is 0 Å². The molecule has 0 aromatic heterocycles. The Bertz CT molecular complexity index is 417. The number of carbonyl (C=O) groups is 2. The Morgan fingerprint density at radius 3 is 2.75 bits per heavy atom. The summed E-state index contributed by atoms with van der Waals surface area (Å²) in [5.41, 5.74) is 6.46. The number of amides is 1. The number of nitrogen functional groups attached to an aromatic ring is 1. The normalized spacial score (nSPS) is 9.56. The quantitative estimate of drug-likeness (QED) is 0.516. The number of carboxylic acid groups (broad SMARTS) is 1. The van der Waals surface area contributed by atoms with Gasteiger partial charge in [0.1, 0.15) is 12.2 Å². The van der Waals surface area contributed by atoms with Gasteiger partial charge >= 0.3 is 5.97 Å². The van der Waals surface area contributed by atoms with Gasteiger partial charge in [-0.2, -0.15) is 0 Å². The fraction of sp³-hybridized carbons (Fsp3) is 0.200. The Labute approximate surface area is 92.0 Å². The van der Waals surface area contributed by atoms with E-state index in [1.807, 2.05) is 0 Å². The van der Waals surface area contributed by atoms with E-state index in [-0.39, 0.29) is 0 Å². The van der Waals surface area contributed by atoms with Crippen molar-refractivity contribution in [2.45, 2.75) is 6.42 Å². The predicted molar refractivity (Wildman–Crippen MR) is 58.3 cm³/mol. The van der Waals surface area contributed by atoms with Gasteiger partial charge in [-0.1, -0.05) is 0 Å². The van der Waals surface area contributed by atoms with Crippen molar-refractivity contribution in [3.8, 4) is 5.75 Å². The number of aliphatic carboxylic acids is 1. The zero-order chi connectivity index (χ0) is 12.1. The Hall–Kier alpha value is -2.24. The second-order valence-corrected chi connectivity index (χ2v) is 3.08. The summed E-state index contributed by atoms with van der Waals surface area (Å²) in [4.78, 5) is 21.4. The Morgan fingerprint density at radius 2 is 2.19 bits per heavy atom. The molecular weight excluding hydrogens is 212 g/mol. The Balaban J connectivity index is 2.74. The highest BCUT2D eigenvalue weighted by Crippen LogP contribution is 2.24. The number of hydrogen-bond donors (Lipinski definition) is 3. The van der Waals surface area contributed by atoms with Crippen LogP contribution in [-0.4, -0.2) is 24.1 Å². The average Bonchev–Trinajstić information content (AvgIpc) is 2.19. The summed E-state index contributed by atoms with van der Waals surface area (Å²) < 4.78 is 4.96. The molecule has 0 aliphatic carbocycles. The van der Waals surface area contributed by atoms with Crippen molar-refractivity contribution in [2.75, 3.05) is 18.2 Å². The van der Waals surface area contributed by atoms with Crippen LogP contribution < -0.4 is 15.8 Å². The maximum Gasteiger partial charge on any atom is 0.312 e. The van der Waals surface area contributed by atoms with Gasteiger partial charge in [-0.3, -0.25) is 9.59 Å². The number of nitrogens with one attached hydrogen (secondary N) is 1. The molecule has 6 heteroatoms. The van der Waals surface area contributed by atoms with Gasteiger partial charge in [0.05, 0.1) is 12.8 Å². The van der Waals surface area contributed by atoms with Crippen molar-refractivity contribution in [3.05, 3.63) is 18.2 Å². The lowest BCUT2D eigenvalue weighted by Crippen LogP contribution is -2.15. The zero-order valence-corrected chi connectivity index (χ0v) is 8.69. The van der Waals surface area contributed by atoms with E-state index in [0.717, 1.165) is 0 Å². The SMILES string of the molecule is COc1cc(NC(=O)CC(=O)O)ccc1N. The molecule has 0 spiro atoms. The molecule has 0 aliphatic rings. The molecule has 16 heavy (non-hydrogen) atoms. The first-order chi connectivity index (χ1) is 7.52. The number of nitrogens with two attached hydrogens (primary N) is 1. The van der Waals surface area contributed by atoms with Crippen LogP contribution in [0.4, 0.5) is 11.4 Å². The second kappa shape index (κ2) is 5.01. The number of anilines is 2. The topological polar surface area (TPSA) is 102 Å². The molecular formula is C10H12N2O4. The number of hydrogen-bond acceptors (Lipinski definition) is 4. The van der Waals surface area contributed by atoms with E-state index in [4.69, 9.17) is 15.6 Å². The Kier molecular flexibility index (Phi) is 3.71. The van der Waals surface area contributed by atoms with Gasteiger partial charge in [0.25, 0.3) is 0 Å². The van der Waals surface area contributed by atoms with Gasteiger partial charge in [0, 0.05) is 11.8 Å². The number of rotatable bonds is 4. The van der Waals surface area contributed by atoms with E-state index in [1.54, 1.807) is 12.1 Å². The molecule has 0 unspecified atom stereocenters. The molecule has 4 N–H and O–H groups in total. The van der Waals surface area contributed by atoms with Crippen LogP contribution in [-0.2, 0) is 9.59 Å². The molecule has 0 radical (unpaired) electrons. The molecule has 0 saturated carbocycles. The first kappa shape index (κ1) is 11.8. The van der Waals surface area contributed by atoms with Gasteiger partial charge in [-0.05, 0) is 12.1 Å². The zero-order valence-electron chi connectivity index (χ0n) is 8.69. The van der Waals surface area contributed by atoms with Crippen LogP contribution in [0.25, 0.3) is 0 Å². The number of carbonyl (C=O) groups excluding carboxylic acids is 1. The molecule has 1 aromatic carbocycles. The molecule has 0 bridgehead atoms. The van der Waals surface area contributed by atoms with E-state index in [0.29, 0.717) is 17.1 Å². The smallest absolute Gasteiger partial charge is 0.312 e. The highest BCUT2D eigenvalue weighted by molar-refractivity contribution is 6.01. The molecule has 0 heterocycles. The molecule has 86 valence electrons. The minimum Gasteiger partial charge on any atom is -0.495 e. The standard InChI is InChI=1S/C10H12N2O4/c1-16-8-4-6(2-3-7(8)11)12-9(13)5-10(14)15/h2-4H,5,11H2,1H3,(H,12,13)(H,14,15). The maximum absolute atomic E-state index is 11.1. The largest absolute Gasteiger partial charge is 0.495 e. The molecule has 1 amide bonds.